The third kappa shape index (κ3) is 6.49. The van der Waals surface area contributed by atoms with Crippen LogP contribution in [0.1, 0.15) is 0 Å². The van der Waals surface area contributed by atoms with E-state index in [4.69, 9.17) is 4.42 Å². The summed E-state index contributed by atoms with van der Waals surface area (Å²) in [5, 5.41) is 12.8. The Balaban J connectivity index is 0.848. The number of nitrogens with zero attached hydrogens (tertiary/aromatic N) is 1. The molecule has 14 aromatic rings. The Morgan fingerprint density at radius 3 is 1.37 bits per heavy atom. The van der Waals surface area contributed by atoms with E-state index >= 15 is 0 Å². The molecule has 0 spiro atoms. The lowest BCUT2D eigenvalue weighted by molar-refractivity contribution is 0.670. The second-order valence-electron chi connectivity index (χ2n) is 20.4. The summed E-state index contributed by atoms with van der Waals surface area (Å²) in [5.74, 6) is 0. The Kier molecular flexibility index (Phi) is 9.14. The first kappa shape index (κ1) is 41.7. The van der Waals surface area contributed by atoms with Crippen molar-refractivity contribution in [3.05, 3.63) is 249 Å². The quantitative estimate of drug-likeness (QED) is 0.152. The Bertz CT molecular complexity index is 4380. The maximum atomic E-state index is 6.54. The molecule has 2 nitrogen and oxygen atoms in total. The summed E-state index contributed by atoms with van der Waals surface area (Å²) in [5.41, 5.74) is 20.3. The van der Waals surface area contributed by atoms with Crippen LogP contribution in [-0.2, 0) is 0 Å². The lowest BCUT2D eigenvalue weighted by atomic mass is 9.95. The van der Waals surface area contributed by atoms with Crippen molar-refractivity contribution in [1.29, 1.82) is 0 Å². The van der Waals surface area contributed by atoms with Crippen molar-refractivity contribution >= 4 is 83.7 Å². The predicted molar refractivity (Wildman–Crippen MR) is 312 cm³/mol. The standard InChI is InChI=1S/C70H47NOSi/c1-73(2)68-42-52(58-21-11-22-62-59-18-7-8-23-67(59)72-70(58)62)32-36-60(68)61-37-35-53(43-69(61)73)71-65-38-33-50(44-24-28-48(29-25-44)56-19-9-14-46-12-3-5-16-54(46)56)40-63(65)64-41-51(34-39-66(64)71)45-26-30-49(31-27-45)57-20-10-15-47-13-4-6-17-55(47)57/h3-43H,1-2H3. The van der Waals surface area contributed by atoms with E-state index in [0.717, 1.165) is 27.5 Å². The number of benzene rings is 12. The average Bonchev–Trinajstić information content (AvgIpc) is 4.09. The molecule has 15 rings (SSSR count). The zero-order valence-electron chi connectivity index (χ0n) is 40.5. The van der Waals surface area contributed by atoms with Gasteiger partial charge in [0.2, 0.25) is 0 Å². The van der Waals surface area contributed by atoms with Gasteiger partial charge in [-0.1, -0.05) is 219 Å². The zero-order valence-corrected chi connectivity index (χ0v) is 41.5. The molecule has 0 unspecified atom stereocenters. The van der Waals surface area contributed by atoms with Crippen molar-refractivity contribution in [1.82, 2.24) is 4.57 Å². The summed E-state index contributed by atoms with van der Waals surface area (Å²) in [6, 6.07) is 92.2. The van der Waals surface area contributed by atoms with E-state index in [1.165, 1.54) is 121 Å². The van der Waals surface area contributed by atoms with E-state index in [0.29, 0.717) is 0 Å². The van der Waals surface area contributed by atoms with E-state index in [1.807, 2.05) is 6.07 Å². The van der Waals surface area contributed by atoms with Gasteiger partial charge < -0.3 is 8.98 Å². The van der Waals surface area contributed by atoms with Crippen LogP contribution < -0.4 is 10.4 Å². The molecule has 1 aliphatic heterocycles. The van der Waals surface area contributed by atoms with Crippen LogP contribution in [0.25, 0.3) is 138 Å². The normalized spacial score (nSPS) is 12.9. The Morgan fingerprint density at radius 1 is 0.301 bits per heavy atom. The summed E-state index contributed by atoms with van der Waals surface area (Å²) in [4.78, 5) is 0. The molecule has 1 aliphatic rings. The Labute approximate surface area is 424 Å². The van der Waals surface area contributed by atoms with Crippen molar-refractivity contribution in [3.8, 4) is 72.4 Å². The number of furan rings is 1. The van der Waals surface area contributed by atoms with E-state index in [1.54, 1.807) is 0 Å². The van der Waals surface area contributed by atoms with Crippen LogP contribution in [-0.4, -0.2) is 12.6 Å². The van der Waals surface area contributed by atoms with E-state index in [2.05, 4.69) is 260 Å². The second kappa shape index (κ2) is 16.0. The predicted octanol–water partition coefficient (Wildman–Crippen LogP) is 18.1. The SMILES string of the molecule is C[Si]1(C)c2cc(-c3cccc4c3oc3ccccc34)ccc2-c2ccc(-n3c4ccc(-c5ccc(-c6cccc7ccccc67)cc5)cc4c4cc(-c5ccc(-c6cccc7ccccc67)cc5)ccc43)cc21. The van der Waals surface area contributed by atoms with Gasteiger partial charge in [0.15, 0.2) is 0 Å². The first-order chi connectivity index (χ1) is 35.9. The minimum Gasteiger partial charge on any atom is -0.455 e. The van der Waals surface area contributed by atoms with Gasteiger partial charge in [-0.15, -0.1) is 0 Å². The van der Waals surface area contributed by atoms with Crippen molar-refractivity contribution in [2.24, 2.45) is 0 Å². The number of aromatic nitrogens is 1. The fourth-order valence-electron chi connectivity index (χ4n) is 12.3. The molecule has 0 saturated carbocycles. The van der Waals surface area contributed by atoms with Gasteiger partial charge in [-0.05, 0) is 136 Å². The molecular formula is C70H47NOSi. The molecule has 3 heteroatoms. The average molecular weight is 946 g/mol. The molecule has 0 fully saturated rings. The molecule has 0 saturated heterocycles. The number of rotatable bonds is 6. The number of hydrogen-bond donors (Lipinski definition) is 0. The van der Waals surface area contributed by atoms with Gasteiger partial charge in [0.25, 0.3) is 0 Å². The van der Waals surface area contributed by atoms with E-state index in [-0.39, 0.29) is 0 Å². The van der Waals surface area contributed by atoms with Gasteiger partial charge in [-0.3, -0.25) is 0 Å². The molecule has 0 radical (unpaired) electrons. The fraction of sp³-hybridized carbons (Fsp3) is 0.0286. The van der Waals surface area contributed by atoms with Gasteiger partial charge in [0, 0.05) is 32.8 Å². The van der Waals surface area contributed by atoms with Gasteiger partial charge >= 0.3 is 0 Å². The van der Waals surface area contributed by atoms with Gasteiger partial charge in [-0.2, -0.15) is 0 Å². The summed E-state index contributed by atoms with van der Waals surface area (Å²) in [6.07, 6.45) is 0. The lowest BCUT2D eigenvalue weighted by Crippen LogP contribution is -2.49. The lowest BCUT2D eigenvalue weighted by Gasteiger charge is -2.20. The topological polar surface area (TPSA) is 18.1 Å². The van der Waals surface area contributed by atoms with Crippen LogP contribution >= 0.6 is 0 Å². The monoisotopic (exact) mass is 945 g/mol. The highest BCUT2D eigenvalue weighted by atomic mass is 28.3. The summed E-state index contributed by atoms with van der Waals surface area (Å²) < 4.78 is 9.05. The number of fused-ring (bicyclic) bond motifs is 11. The Hall–Kier alpha value is -9.02. The maximum absolute atomic E-state index is 6.54. The molecule has 73 heavy (non-hydrogen) atoms. The van der Waals surface area contributed by atoms with Crippen molar-refractivity contribution in [3.63, 3.8) is 0 Å². The molecule has 3 heterocycles. The first-order valence-electron chi connectivity index (χ1n) is 25.4. The van der Waals surface area contributed by atoms with Crippen LogP contribution in [0.2, 0.25) is 13.1 Å². The van der Waals surface area contributed by atoms with Gasteiger partial charge in [-0.25, -0.2) is 0 Å². The minimum atomic E-state index is -2.16. The zero-order chi connectivity index (χ0) is 48.4. The highest BCUT2D eigenvalue weighted by Gasteiger charge is 2.38. The molecule has 0 aliphatic carbocycles. The molecule has 0 atom stereocenters. The minimum absolute atomic E-state index is 0.927. The summed E-state index contributed by atoms with van der Waals surface area (Å²) >= 11 is 0. The second-order valence-corrected chi connectivity index (χ2v) is 24.7. The molecular weight excluding hydrogens is 899 g/mol. The van der Waals surface area contributed by atoms with Crippen LogP contribution in [0.15, 0.2) is 253 Å². The van der Waals surface area contributed by atoms with Crippen LogP contribution in [0.4, 0.5) is 0 Å². The fourth-order valence-corrected chi connectivity index (χ4v) is 15.4. The molecule has 12 aromatic carbocycles. The first-order valence-corrected chi connectivity index (χ1v) is 28.4. The largest absolute Gasteiger partial charge is 0.455 e. The van der Waals surface area contributed by atoms with Crippen molar-refractivity contribution in [2.45, 2.75) is 13.1 Å². The Morgan fingerprint density at radius 2 is 0.753 bits per heavy atom. The maximum Gasteiger partial charge on any atom is 0.143 e. The van der Waals surface area contributed by atoms with Crippen molar-refractivity contribution in [2.75, 3.05) is 0 Å². The molecule has 342 valence electrons. The van der Waals surface area contributed by atoms with Crippen LogP contribution in [0.3, 0.4) is 0 Å². The number of hydrogen-bond acceptors (Lipinski definition) is 1. The smallest absolute Gasteiger partial charge is 0.143 e. The molecule has 0 N–H and O–H groups in total. The third-order valence-electron chi connectivity index (χ3n) is 16.0. The highest BCUT2D eigenvalue weighted by Crippen LogP contribution is 2.42. The summed E-state index contributed by atoms with van der Waals surface area (Å²) in [6.45, 7) is 5.04. The highest BCUT2D eigenvalue weighted by molar-refractivity contribution is 7.03. The number of para-hydroxylation sites is 2. The van der Waals surface area contributed by atoms with Crippen LogP contribution in [0, 0.1) is 0 Å². The van der Waals surface area contributed by atoms with E-state index < -0.39 is 8.07 Å². The third-order valence-corrected chi connectivity index (χ3v) is 19.6. The molecule has 2 aromatic heterocycles. The summed E-state index contributed by atoms with van der Waals surface area (Å²) in [7, 11) is -2.16. The molecule has 0 amide bonds. The van der Waals surface area contributed by atoms with Crippen LogP contribution in [0.5, 0.6) is 0 Å². The van der Waals surface area contributed by atoms with Crippen molar-refractivity contribution < 1.29 is 4.42 Å². The molecule has 0 bridgehead atoms. The van der Waals surface area contributed by atoms with Gasteiger partial charge in [0.1, 0.15) is 19.2 Å². The van der Waals surface area contributed by atoms with Gasteiger partial charge in [0.05, 0.1) is 11.0 Å². The van der Waals surface area contributed by atoms with E-state index in [9.17, 15) is 0 Å².